The van der Waals surface area contributed by atoms with Gasteiger partial charge in [0.2, 0.25) is 11.8 Å². The number of hydrogen-bond acceptors (Lipinski definition) is 6. The van der Waals surface area contributed by atoms with Gasteiger partial charge in [-0.2, -0.15) is 0 Å². The van der Waals surface area contributed by atoms with Crippen molar-refractivity contribution in [3.05, 3.63) is 52.7 Å². The van der Waals surface area contributed by atoms with Crippen molar-refractivity contribution in [1.29, 1.82) is 0 Å². The predicted molar refractivity (Wildman–Crippen MR) is 127 cm³/mol. The van der Waals surface area contributed by atoms with Crippen molar-refractivity contribution in [2.75, 3.05) is 24.5 Å². The van der Waals surface area contributed by atoms with Gasteiger partial charge in [-0.3, -0.25) is 9.59 Å². The first-order chi connectivity index (χ1) is 15.4. The third-order valence-corrected chi connectivity index (χ3v) is 7.36. The lowest BCUT2D eigenvalue weighted by atomic mass is 9.94. The zero-order valence-corrected chi connectivity index (χ0v) is 19.4. The number of primary amides is 1. The van der Waals surface area contributed by atoms with Crippen LogP contribution >= 0.6 is 11.3 Å². The van der Waals surface area contributed by atoms with Crippen LogP contribution < -0.4 is 10.6 Å². The largest absolute Gasteiger partial charge is 0.370 e. The second-order valence-electron chi connectivity index (χ2n) is 8.38. The van der Waals surface area contributed by atoms with E-state index in [-0.39, 0.29) is 24.2 Å². The first-order valence-corrected chi connectivity index (χ1v) is 11.8. The Morgan fingerprint density at radius 2 is 1.88 bits per heavy atom. The molecular weight excluding hydrogens is 422 g/mol. The molecule has 0 radical (unpaired) electrons. The number of aromatic nitrogens is 2. The number of aryl methyl sites for hydroxylation is 2. The molecule has 0 unspecified atom stereocenters. The van der Waals surface area contributed by atoms with Crippen LogP contribution in [0, 0.1) is 19.8 Å². The van der Waals surface area contributed by atoms with E-state index in [9.17, 15) is 9.59 Å². The van der Waals surface area contributed by atoms with Crippen LogP contribution in [-0.4, -0.2) is 46.3 Å². The smallest absolute Gasteiger partial charge is 0.226 e. The highest BCUT2D eigenvalue weighted by Gasteiger charge is 2.30. The molecule has 1 aliphatic rings. The van der Waals surface area contributed by atoms with Crippen LogP contribution in [0.15, 0.2) is 36.7 Å². The molecule has 2 aromatic heterocycles. The molecule has 1 aromatic carbocycles. The number of piperidine rings is 1. The van der Waals surface area contributed by atoms with Crippen LogP contribution in [-0.2, 0) is 16.1 Å². The van der Waals surface area contributed by atoms with Crippen molar-refractivity contribution in [1.82, 2.24) is 14.9 Å². The highest BCUT2D eigenvalue weighted by molar-refractivity contribution is 7.18. The quantitative estimate of drug-likeness (QED) is 0.594. The van der Waals surface area contributed by atoms with E-state index in [1.165, 1.54) is 10.4 Å². The molecule has 1 fully saturated rings. The number of thiophene rings is 1. The molecule has 0 atom stereocenters. The maximum absolute atomic E-state index is 13.4. The van der Waals surface area contributed by atoms with Crippen LogP contribution in [0.2, 0.25) is 0 Å². The zero-order valence-electron chi connectivity index (χ0n) is 18.6. The van der Waals surface area contributed by atoms with Gasteiger partial charge in [0.05, 0.1) is 5.39 Å². The molecule has 32 heavy (non-hydrogen) atoms. The van der Waals surface area contributed by atoms with Crippen LogP contribution in [0.25, 0.3) is 10.2 Å². The highest BCUT2D eigenvalue weighted by Crippen LogP contribution is 2.35. The van der Waals surface area contributed by atoms with E-state index >= 15 is 0 Å². The van der Waals surface area contributed by atoms with E-state index in [0.717, 1.165) is 47.5 Å². The monoisotopic (exact) mass is 451 g/mol. The lowest BCUT2D eigenvalue weighted by Gasteiger charge is -2.35. The van der Waals surface area contributed by atoms with Gasteiger partial charge in [-0.25, -0.2) is 9.97 Å². The van der Waals surface area contributed by atoms with Gasteiger partial charge in [-0.05, 0) is 37.8 Å². The van der Waals surface area contributed by atoms with Crippen LogP contribution in [0.1, 0.15) is 35.3 Å². The van der Waals surface area contributed by atoms with Gasteiger partial charge in [0, 0.05) is 43.4 Å². The molecule has 0 saturated carbocycles. The lowest BCUT2D eigenvalue weighted by molar-refractivity contribution is -0.137. The number of benzene rings is 1. The number of fused-ring (bicyclic) bond motifs is 1. The summed E-state index contributed by atoms with van der Waals surface area (Å²) in [7, 11) is 0. The average Bonchev–Trinajstić information content (AvgIpc) is 3.10. The van der Waals surface area contributed by atoms with E-state index in [2.05, 4.69) is 28.7 Å². The van der Waals surface area contributed by atoms with Gasteiger partial charge >= 0.3 is 0 Å². The molecule has 4 rings (SSSR count). The van der Waals surface area contributed by atoms with Crippen LogP contribution in [0.3, 0.4) is 0 Å². The van der Waals surface area contributed by atoms with Crippen molar-refractivity contribution in [2.24, 2.45) is 11.7 Å². The molecule has 3 aromatic rings. The fourth-order valence-corrected chi connectivity index (χ4v) is 5.31. The number of anilines is 1. The Labute approximate surface area is 192 Å². The minimum absolute atomic E-state index is 0.0644. The van der Waals surface area contributed by atoms with Gasteiger partial charge in [0.15, 0.2) is 0 Å². The molecule has 0 spiro atoms. The second-order valence-corrected chi connectivity index (χ2v) is 9.59. The van der Waals surface area contributed by atoms with Crippen LogP contribution in [0.5, 0.6) is 0 Å². The highest BCUT2D eigenvalue weighted by atomic mass is 32.1. The van der Waals surface area contributed by atoms with Crippen LogP contribution in [0.4, 0.5) is 5.82 Å². The Hall–Kier alpha value is -3.00. The Bertz CT molecular complexity index is 1110. The van der Waals surface area contributed by atoms with Gasteiger partial charge in [0.1, 0.15) is 17.0 Å². The molecule has 168 valence electrons. The van der Waals surface area contributed by atoms with Crippen molar-refractivity contribution in [3.63, 3.8) is 0 Å². The predicted octanol–water partition coefficient (Wildman–Crippen LogP) is 3.43. The number of nitrogens with zero attached hydrogens (tertiary/aromatic N) is 4. The number of hydrogen-bond donors (Lipinski definition) is 1. The molecular formula is C24H29N5O2S. The molecule has 0 bridgehead atoms. The minimum Gasteiger partial charge on any atom is -0.370 e. The van der Waals surface area contributed by atoms with E-state index < -0.39 is 0 Å². The molecule has 1 aliphatic heterocycles. The first kappa shape index (κ1) is 22.2. The molecule has 1 saturated heterocycles. The molecule has 0 aliphatic carbocycles. The fraction of sp³-hybridized carbons (Fsp3) is 0.417. The molecule has 2 N–H and O–H groups in total. The number of amides is 2. The van der Waals surface area contributed by atoms with Crippen molar-refractivity contribution in [2.45, 2.75) is 39.7 Å². The lowest BCUT2D eigenvalue weighted by Crippen LogP contribution is -2.43. The molecule has 8 heteroatoms. The Kier molecular flexibility index (Phi) is 6.69. The van der Waals surface area contributed by atoms with E-state index in [1.54, 1.807) is 22.6 Å². The molecule has 7 nitrogen and oxygen atoms in total. The molecule has 2 amide bonds. The first-order valence-electron chi connectivity index (χ1n) is 11.0. The topological polar surface area (TPSA) is 92.4 Å². The van der Waals surface area contributed by atoms with Gasteiger partial charge in [-0.1, -0.05) is 30.3 Å². The van der Waals surface area contributed by atoms with Crippen molar-refractivity contribution in [3.8, 4) is 0 Å². The minimum atomic E-state index is -0.389. The van der Waals surface area contributed by atoms with Crippen molar-refractivity contribution >= 4 is 39.2 Å². The number of carbonyl (C=O) groups excluding carboxylic acids is 2. The summed E-state index contributed by atoms with van der Waals surface area (Å²) in [6.07, 6.45) is 3.32. The summed E-state index contributed by atoms with van der Waals surface area (Å²) in [6.45, 7) is 6.62. The summed E-state index contributed by atoms with van der Waals surface area (Å²) in [5, 5.41) is 1.13. The fourth-order valence-electron chi connectivity index (χ4n) is 4.32. The Morgan fingerprint density at radius 1 is 1.16 bits per heavy atom. The van der Waals surface area contributed by atoms with E-state index in [0.29, 0.717) is 13.1 Å². The third-order valence-electron chi connectivity index (χ3n) is 6.25. The van der Waals surface area contributed by atoms with Gasteiger partial charge in [-0.15, -0.1) is 11.3 Å². The van der Waals surface area contributed by atoms with Gasteiger partial charge < -0.3 is 15.5 Å². The van der Waals surface area contributed by atoms with Crippen molar-refractivity contribution < 1.29 is 9.59 Å². The second kappa shape index (κ2) is 9.65. The zero-order chi connectivity index (χ0) is 22.7. The third kappa shape index (κ3) is 4.75. The summed E-state index contributed by atoms with van der Waals surface area (Å²) in [5.74, 6) is 0.619. The SMILES string of the molecule is Cc1sc2ncnc(N3CCC(C(=O)N(CCC(N)=O)Cc4ccccc4)CC3)c2c1C. The van der Waals surface area contributed by atoms with E-state index in [4.69, 9.17) is 5.73 Å². The van der Waals surface area contributed by atoms with Gasteiger partial charge in [0.25, 0.3) is 0 Å². The summed E-state index contributed by atoms with van der Waals surface area (Å²) < 4.78 is 0. The maximum Gasteiger partial charge on any atom is 0.226 e. The van der Waals surface area contributed by atoms with E-state index in [1.807, 2.05) is 30.3 Å². The average molecular weight is 452 g/mol. The molecule has 3 heterocycles. The number of rotatable bonds is 7. The Morgan fingerprint density at radius 3 is 2.56 bits per heavy atom. The summed E-state index contributed by atoms with van der Waals surface area (Å²) in [6, 6.07) is 9.87. The number of nitrogens with two attached hydrogens (primary N) is 1. The summed E-state index contributed by atoms with van der Waals surface area (Å²) in [5.41, 5.74) is 7.65. The summed E-state index contributed by atoms with van der Waals surface area (Å²) >= 11 is 1.70. The Balaban J connectivity index is 1.46. The normalized spacial score (nSPS) is 14.6. The standard InChI is InChI=1S/C24H29N5O2S/c1-16-17(2)32-23-21(16)22(26-15-27-23)28-11-8-19(9-12-28)24(31)29(13-10-20(25)30)14-18-6-4-3-5-7-18/h3-7,15,19H,8-14H2,1-2H3,(H2,25,30). The number of carbonyl (C=O) groups is 2. The maximum atomic E-state index is 13.4. The summed E-state index contributed by atoms with van der Waals surface area (Å²) in [4.78, 5) is 40.1.